The minimum absolute atomic E-state index is 0.308. The second-order valence-corrected chi connectivity index (χ2v) is 5.79. The van der Waals surface area contributed by atoms with Crippen molar-refractivity contribution in [2.75, 3.05) is 19.6 Å². The van der Waals surface area contributed by atoms with Gasteiger partial charge in [0.05, 0.1) is 6.54 Å². The molecule has 1 saturated heterocycles. The normalized spacial score (nSPS) is 30.3. The molecule has 3 heteroatoms. The van der Waals surface area contributed by atoms with Crippen molar-refractivity contribution in [2.45, 2.75) is 57.9 Å². The number of nitrogens with zero attached hydrogens (tertiary/aromatic N) is 1. The van der Waals surface area contributed by atoms with E-state index in [1.54, 1.807) is 0 Å². The van der Waals surface area contributed by atoms with Gasteiger partial charge in [-0.15, -0.1) is 0 Å². The Balaban J connectivity index is 1.68. The van der Waals surface area contributed by atoms with Gasteiger partial charge in [0.1, 0.15) is 0 Å². The summed E-state index contributed by atoms with van der Waals surface area (Å²) in [6.45, 7) is 4.82. The Kier molecular flexibility index (Phi) is 4.84. The average Bonchev–Trinajstić information content (AvgIpc) is 2.37. The first-order valence-corrected chi connectivity index (χ1v) is 7.27. The number of hydrogen-bond donors (Lipinski definition) is 1. The molecule has 1 amide bonds. The van der Waals surface area contributed by atoms with E-state index in [4.69, 9.17) is 0 Å². The summed E-state index contributed by atoms with van der Waals surface area (Å²) in [7, 11) is 0. The fourth-order valence-corrected chi connectivity index (χ4v) is 3.11. The van der Waals surface area contributed by atoms with Gasteiger partial charge in [0.15, 0.2) is 0 Å². The lowest BCUT2D eigenvalue weighted by Gasteiger charge is -2.30. The molecule has 0 bridgehead atoms. The van der Waals surface area contributed by atoms with Gasteiger partial charge in [-0.25, -0.2) is 0 Å². The molecule has 1 N–H and O–H groups in total. The van der Waals surface area contributed by atoms with Gasteiger partial charge < -0.3 is 10.2 Å². The van der Waals surface area contributed by atoms with Gasteiger partial charge in [-0.2, -0.15) is 0 Å². The van der Waals surface area contributed by atoms with Gasteiger partial charge in [-0.3, -0.25) is 4.79 Å². The summed E-state index contributed by atoms with van der Waals surface area (Å²) in [6.07, 6.45) is 8.83. The lowest BCUT2D eigenvalue weighted by atomic mass is 9.87. The van der Waals surface area contributed by atoms with Gasteiger partial charge in [-0.1, -0.05) is 19.8 Å². The number of amides is 1. The van der Waals surface area contributed by atoms with Gasteiger partial charge in [0, 0.05) is 19.1 Å². The first-order chi connectivity index (χ1) is 8.25. The molecule has 1 aliphatic carbocycles. The van der Waals surface area contributed by atoms with Crippen molar-refractivity contribution >= 4 is 5.91 Å². The zero-order valence-corrected chi connectivity index (χ0v) is 11.1. The molecule has 2 unspecified atom stereocenters. The maximum Gasteiger partial charge on any atom is 0.236 e. The topological polar surface area (TPSA) is 32.3 Å². The van der Waals surface area contributed by atoms with Crippen molar-refractivity contribution in [1.82, 2.24) is 10.2 Å². The molecule has 0 aromatic rings. The van der Waals surface area contributed by atoms with Crippen LogP contribution < -0.4 is 5.32 Å². The maximum atomic E-state index is 12.0. The van der Waals surface area contributed by atoms with Crippen LogP contribution in [0.5, 0.6) is 0 Å². The van der Waals surface area contributed by atoms with Crippen molar-refractivity contribution in [2.24, 2.45) is 5.92 Å². The molecular weight excluding hydrogens is 212 g/mol. The fourth-order valence-electron chi connectivity index (χ4n) is 3.11. The predicted molar refractivity (Wildman–Crippen MR) is 69.9 cm³/mol. The molecule has 1 heterocycles. The standard InChI is InChI=1S/C14H26N2O/c1-12-6-5-7-13(10-12)15-11-14(17)16-8-3-2-4-9-16/h12-13,15H,2-11H2,1H3. The SMILES string of the molecule is CC1CCCC(NCC(=O)N2CCCCC2)C1. The van der Waals surface area contributed by atoms with E-state index in [2.05, 4.69) is 12.2 Å². The third kappa shape index (κ3) is 3.98. The third-order valence-electron chi connectivity index (χ3n) is 4.19. The van der Waals surface area contributed by atoms with Crippen LogP contribution in [0.3, 0.4) is 0 Å². The quantitative estimate of drug-likeness (QED) is 0.817. The van der Waals surface area contributed by atoms with E-state index in [0.29, 0.717) is 18.5 Å². The van der Waals surface area contributed by atoms with Crippen molar-refractivity contribution in [3.05, 3.63) is 0 Å². The van der Waals surface area contributed by atoms with Gasteiger partial charge >= 0.3 is 0 Å². The highest BCUT2D eigenvalue weighted by Crippen LogP contribution is 2.23. The van der Waals surface area contributed by atoms with Crippen LogP contribution in [0.25, 0.3) is 0 Å². The number of nitrogens with one attached hydrogen (secondary N) is 1. The molecule has 1 aliphatic heterocycles. The molecule has 1 saturated carbocycles. The van der Waals surface area contributed by atoms with Crippen LogP contribution in [0, 0.1) is 5.92 Å². The smallest absolute Gasteiger partial charge is 0.236 e. The Hall–Kier alpha value is -0.570. The maximum absolute atomic E-state index is 12.0. The molecular formula is C14H26N2O. The van der Waals surface area contributed by atoms with E-state index in [0.717, 1.165) is 19.0 Å². The largest absolute Gasteiger partial charge is 0.342 e. The summed E-state index contributed by atoms with van der Waals surface area (Å²) in [5, 5.41) is 3.46. The van der Waals surface area contributed by atoms with Crippen LogP contribution in [-0.4, -0.2) is 36.5 Å². The van der Waals surface area contributed by atoms with E-state index in [1.165, 1.54) is 44.9 Å². The number of carbonyl (C=O) groups is 1. The van der Waals surface area contributed by atoms with E-state index in [-0.39, 0.29) is 0 Å². The molecule has 17 heavy (non-hydrogen) atoms. The summed E-state index contributed by atoms with van der Waals surface area (Å²) in [6, 6.07) is 0.576. The van der Waals surface area contributed by atoms with Crippen LogP contribution in [0.1, 0.15) is 51.9 Å². The summed E-state index contributed by atoms with van der Waals surface area (Å²) >= 11 is 0. The monoisotopic (exact) mass is 238 g/mol. The Labute approximate surface area is 105 Å². The summed E-state index contributed by atoms with van der Waals surface area (Å²) in [5.74, 6) is 1.13. The first-order valence-electron chi connectivity index (χ1n) is 7.27. The van der Waals surface area contributed by atoms with Gasteiger partial charge in [-0.05, 0) is 38.0 Å². The summed E-state index contributed by atoms with van der Waals surface area (Å²) < 4.78 is 0. The Morgan fingerprint density at radius 2 is 1.94 bits per heavy atom. The number of rotatable bonds is 3. The van der Waals surface area contributed by atoms with E-state index in [9.17, 15) is 4.79 Å². The van der Waals surface area contributed by atoms with E-state index < -0.39 is 0 Å². The molecule has 2 fully saturated rings. The lowest BCUT2D eigenvalue weighted by molar-refractivity contribution is -0.131. The molecule has 2 aliphatic rings. The predicted octanol–water partition coefficient (Wildman–Crippen LogP) is 2.17. The molecule has 0 spiro atoms. The zero-order chi connectivity index (χ0) is 12.1. The van der Waals surface area contributed by atoms with Crippen LogP contribution >= 0.6 is 0 Å². The zero-order valence-electron chi connectivity index (χ0n) is 11.1. The lowest BCUT2D eigenvalue weighted by Crippen LogP contribution is -2.44. The van der Waals surface area contributed by atoms with Crippen LogP contribution in [0.2, 0.25) is 0 Å². The highest BCUT2D eigenvalue weighted by Gasteiger charge is 2.21. The molecule has 98 valence electrons. The van der Waals surface area contributed by atoms with E-state index in [1.807, 2.05) is 4.90 Å². The van der Waals surface area contributed by atoms with Gasteiger partial charge in [0.25, 0.3) is 0 Å². The van der Waals surface area contributed by atoms with Crippen molar-refractivity contribution in [3.8, 4) is 0 Å². The molecule has 0 radical (unpaired) electrons. The minimum atomic E-state index is 0.308. The molecule has 0 aromatic carbocycles. The van der Waals surface area contributed by atoms with Crippen molar-refractivity contribution in [3.63, 3.8) is 0 Å². The summed E-state index contributed by atoms with van der Waals surface area (Å²) in [4.78, 5) is 14.0. The number of piperidine rings is 1. The molecule has 2 rings (SSSR count). The van der Waals surface area contributed by atoms with Crippen LogP contribution in [0.15, 0.2) is 0 Å². The van der Waals surface area contributed by atoms with Crippen molar-refractivity contribution < 1.29 is 4.79 Å². The number of hydrogen-bond acceptors (Lipinski definition) is 2. The van der Waals surface area contributed by atoms with Crippen LogP contribution in [0.4, 0.5) is 0 Å². The average molecular weight is 238 g/mol. The highest BCUT2D eigenvalue weighted by molar-refractivity contribution is 5.78. The fraction of sp³-hybridized carbons (Fsp3) is 0.929. The van der Waals surface area contributed by atoms with Gasteiger partial charge in [0.2, 0.25) is 5.91 Å². The number of likely N-dealkylation sites (tertiary alicyclic amines) is 1. The summed E-state index contributed by atoms with van der Waals surface area (Å²) in [5.41, 5.74) is 0. The molecule has 2 atom stereocenters. The first kappa shape index (κ1) is 12.9. The second-order valence-electron chi connectivity index (χ2n) is 5.79. The Bertz CT molecular complexity index is 249. The van der Waals surface area contributed by atoms with Crippen LogP contribution in [-0.2, 0) is 4.79 Å². The third-order valence-corrected chi connectivity index (χ3v) is 4.19. The molecule has 0 aromatic heterocycles. The van der Waals surface area contributed by atoms with Crippen molar-refractivity contribution in [1.29, 1.82) is 0 Å². The number of carbonyl (C=O) groups excluding carboxylic acids is 1. The minimum Gasteiger partial charge on any atom is -0.342 e. The Morgan fingerprint density at radius 1 is 1.18 bits per heavy atom. The highest BCUT2D eigenvalue weighted by atomic mass is 16.2. The molecule has 3 nitrogen and oxygen atoms in total. The Morgan fingerprint density at radius 3 is 2.65 bits per heavy atom. The van der Waals surface area contributed by atoms with E-state index >= 15 is 0 Å². The second kappa shape index (κ2) is 6.39.